The van der Waals surface area contributed by atoms with Crippen LogP contribution in [0.2, 0.25) is 0 Å². The third-order valence-electron chi connectivity index (χ3n) is 3.50. The number of aldehydes is 1. The molecule has 2 aromatic carbocycles. The van der Waals surface area contributed by atoms with Gasteiger partial charge in [0.05, 0.1) is 25.4 Å². The van der Waals surface area contributed by atoms with E-state index < -0.39 is 38.5 Å². The Bertz CT molecular complexity index is 929. The van der Waals surface area contributed by atoms with E-state index in [1.165, 1.54) is 0 Å². The first-order valence-electron chi connectivity index (χ1n) is 8.18. The first kappa shape index (κ1) is 22.6. The molecule has 0 unspecified atom stereocenters. The first-order valence-corrected chi connectivity index (χ1v) is 9.59. The summed E-state index contributed by atoms with van der Waals surface area (Å²) < 4.78 is 88.4. The van der Waals surface area contributed by atoms with Gasteiger partial charge in [-0.2, -0.15) is 21.6 Å². The lowest BCUT2D eigenvalue weighted by molar-refractivity contribution is -0.0500. The lowest BCUT2D eigenvalue weighted by Gasteiger charge is -2.15. The van der Waals surface area contributed by atoms with E-state index in [4.69, 9.17) is 9.47 Å². The van der Waals surface area contributed by atoms with E-state index in [-0.39, 0.29) is 25.9 Å². The highest BCUT2D eigenvalue weighted by Crippen LogP contribution is 2.36. The number of carbonyl (C=O) groups is 1. The molecule has 2 rings (SSSR count). The third-order valence-corrected chi connectivity index (χ3v) is 4.46. The van der Waals surface area contributed by atoms with Crippen LogP contribution in [0.5, 0.6) is 11.5 Å². The molecule has 0 aliphatic rings. The third kappa shape index (κ3) is 6.16. The highest BCUT2D eigenvalue weighted by atomic mass is 32.2. The zero-order chi connectivity index (χ0) is 21.5. The molecule has 0 saturated heterocycles. The molecule has 0 bridgehead atoms. The number of hydrogen-bond acceptors (Lipinski definition) is 6. The summed E-state index contributed by atoms with van der Waals surface area (Å²) in [7, 11) is -6.12. The van der Waals surface area contributed by atoms with Crippen molar-refractivity contribution in [3.8, 4) is 11.5 Å². The molecule has 11 heteroatoms. The van der Waals surface area contributed by atoms with Crippen LogP contribution in [0.3, 0.4) is 0 Å². The summed E-state index contributed by atoms with van der Waals surface area (Å²) in [6.45, 7) is 0.458. The normalized spacial score (nSPS) is 11.9. The van der Waals surface area contributed by atoms with Gasteiger partial charge in [-0.25, -0.2) is 4.39 Å². The van der Waals surface area contributed by atoms with E-state index in [0.29, 0.717) is 6.61 Å². The fraction of sp³-hybridized carbons (Fsp3) is 0.278. The molecule has 0 radical (unpaired) electrons. The van der Waals surface area contributed by atoms with Crippen LogP contribution >= 0.6 is 0 Å². The minimum absolute atomic E-state index is 0.110. The summed E-state index contributed by atoms with van der Waals surface area (Å²) >= 11 is 0. The molecule has 0 atom stereocenters. The summed E-state index contributed by atoms with van der Waals surface area (Å²) in [5.41, 5.74) is -5.83. The predicted molar refractivity (Wildman–Crippen MR) is 93.6 cm³/mol. The molecule has 158 valence electrons. The van der Waals surface area contributed by atoms with Crippen molar-refractivity contribution in [2.24, 2.45) is 0 Å². The van der Waals surface area contributed by atoms with Gasteiger partial charge in [0, 0.05) is 6.42 Å². The second-order valence-corrected chi connectivity index (χ2v) is 7.17. The molecular weight excluding hydrogens is 420 g/mol. The van der Waals surface area contributed by atoms with E-state index in [2.05, 4.69) is 4.18 Å². The Morgan fingerprint density at radius 2 is 1.69 bits per heavy atom. The fourth-order valence-electron chi connectivity index (χ4n) is 2.13. The van der Waals surface area contributed by atoms with Gasteiger partial charge in [-0.3, -0.25) is 4.79 Å². The maximum atomic E-state index is 13.7. The molecule has 0 spiro atoms. The average molecular weight is 436 g/mol. The van der Waals surface area contributed by atoms with Crippen LogP contribution in [0.1, 0.15) is 22.3 Å². The van der Waals surface area contributed by atoms with Crippen LogP contribution < -0.4 is 8.92 Å². The second kappa shape index (κ2) is 9.70. The Kier molecular flexibility index (Phi) is 7.57. The van der Waals surface area contributed by atoms with Gasteiger partial charge in [-0.15, -0.1) is 0 Å². The Morgan fingerprint density at radius 1 is 1.00 bits per heavy atom. The van der Waals surface area contributed by atoms with E-state index in [9.17, 15) is 30.8 Å². The highest BCUT2D eigenvalue weighted by molar-refractivity contribution is 7.88. The molecule has 0 amide bonds. The topological polar surface area (TPSA) is 78.9 Å². The van der Waals surface area contributed by atoms with Crippen LogP contribution in [0.4, 0.5) is 17.6 Å². The molecule has 29 heavy (non-hydrogen) atoms. The number of benzene rings is 2. The van der Waals surface area contributed by atoms with Crippen LogP contribution in [0, 0.1) is 5.82 Å². The Hall–Kier alpha value is -2.66. The largest absolute Gasteiger partial charge is 0.534 e. The fourth-order valence-corrected chi connectivity index (χ4v) is 2.62. The predicted octanol–water partition coefficient (Wildman–Crippen LogP) is 3.85. The molecule has 0 saturated carbocycles. The Morgan fingerprint density at radius 3 is 2.31 bits per heavy atom. The van der Waals surface area contributed by atoms with Crippen molar-refractivity contribution in [3.05, 3.63) is 59.4 Å². The van der Waals surface area contributed by atoms with Crippen molar-refractivity contribution in [2.45, 2.75) is 18.5 Å². The van der Waals surface area contributed by atoms with E-state index in [0.717, 1.165) is 17.7 Å². The summed E-state index contributed by atoms with van der Waals surface area (Å²) in [4.78, 5) is 11.0. The smallest absolute Gasteiger partial charge is 0.490 e. The zero-order valence-corrected chi connectivity index (χ0v) is 15.6. The maximum absolute atomic E-state index is 13.7. The Balaban J connectivity index is 2.01. The maximum Gasteiger partial charge on any atom is 0.534 e. The summed E-state index contributed by atoms with van der Waals surface area (Å²) in [6.07, 6.45) is 0.123. The number of ether oxygens (including phenoxy) is 2. The minimum atomic E-state index is -6.12. The van der Waals surface area contributed by atoms with Crippen molar-refractivity contribution in [2.75, 3.05) is 13.2 Å². The molecule has 6 nitrogen and oxygen atoms in total. The van der Waals surface area contributed by atoms with Gasteiger partial charge in [-0.05, 0) is 17.7 Å². The van der Waals surface area contributed by atoms with Crippen LogP contribution in [0.15, 0.2) is 42.5 Å². The van der Waals surface area contributed by atoms with Gasteiger partial charge in [0.2, 0.25) is 0 Å². The van der Waals surface area contributed by atoms with Gasteiger partial charge >= 0.3 is 15.6 Å². The number of carbonyl (C=O) groups excluding carboxylic acids is 1. The Labute approximate surface area is 164 Å². The van der Waals surface area contributed by atoms with Crippen molar-refractivity contribution < 1.29 is 44.4 Å². The highest BCUT2D eigenvalue weighted by Gasteiger charge is 2.49. The molecule has 0 fully saturated rings. The quantitative estimate of drug-likeness (QED) is 0.185. The molecular formula is C18H16F4O6S. The van der Waals surface area contributed by atoms with Crippen molar-refractivity contribution in [1.29, 1.82) is 0 Å². The van der Waals surface area contributed by atoms with Crippen molar-refractivity contribution in [1.82, 2.24) is 0 Å². The molecule has 0 heterocycles. The van der Waals surface area contributed by atoms with Gasteiger partial charge in [-0.1, -0.05) is 30.3 Å². The van der Waals surface area contributed by atoms with Crippen molar-refractivity contribution >= 4 is 16.4 Å². The van der Waals surface area contributed by atoms with Gasteiger partial charge in [0.15, 0.2) is 17.8 Å². The van der Waals surface area contributed by atoms with Crippen molar-refractivity contribution in [3.63, 3.8) is 0 Å². The number of hydrogen-bond donors (Lipinski definition) is 0. The zero-order valence-electron chi connectivity index (χ0n) is 14.8. The summed E-state index contributed by atoms with van der Waals surface area (Å²) in [5, 5.41) is 0. The van der Waals surface area contributed by atoms with Crippen LogP contribution in [0.25, 0.3) is 0 Å². The standard InChI is InChI=1S/C18H16F4O6S/c19-15-7-8-16(17(14(15)11-23)28-29(24,25)18(20,21)22)27-10-4-9-26-12-13-5-2-1-3-6-13/h1-3,5-8,11H,4,9-10,12H2. The van der Waals surface area contributed by atoms with Gasteiger partial charge in [0.1, 0.15) is 5.82 Å². The van der Waals surface area contributed by atoms with E-state index >= 15 is 0 Å². The number of halogens is 4. The molecule has 0 N–H and O–H groups in total. The minimum Gasteiger partial charge on any atom is -0.490 e. The van der Waals surface area contributed by atoms with Gasteiger partial charge in [0.25, 0.3) is 0 Å². The monoisotopic (exact) mass is 436 g/mol. The average Bonchev–Trinajstić information content (AvgIpc) is 2.66. The molecule has 0 aliphatic heterocycles. The number of alkyl halides is 3. The van der Waals surface area contributed by atoms with Gasteiger partial charge < -0.3 is 13.7 Å². The number of rotatable bonds is 10. The lowest BCUT2D eigenvalue weighted by atomic mass is 10.2. The molecule has 0 aliphatic carbocycles. The second-order valence-electron chi connectivity index (χ2n) is 5.63. The lowest BCUT2D eigenvalue weighted by Crippen LogP contribution is -2.28. The van der Waals surface area contributed by atoms with E-state index in [1.807, 2.05) is 30.3 Å². The van der Waals surface area contributed by atoms with Crippen LogP contribution in [-0.4, -0.2) is 33.4 Å². The van der Waals surface area contributed by atoms with Crippen LogP contribution in [-0.2, 0) is 21.5 Å². The summed E-state index contributed by atoms with van der Waals surface area (Å²) in [6, 6.07) is 10.9. The molecule has 2 aromatic rings. The first-order chi connectivity index (χ1) is 13.7. The SMILES string of the molecule is O=Cc1c(F)ccc(OCCCOCc2ccccc2)c1OS(=O)(=O)C(F)(F)F. The molecule has 0 aromatic heterocycles. The summed E-state index contributed by atoms with van der Waals surface area (Å²) in [5.74, 6) is -2.95. The van der Waals surface area contributed by atoms with E-state index in [1.54, 1.807) is 0 Å².